The minimum Gasteiger partial charge on any atom is -0.480 e. The molecule has 0 saturated carbocycles. The topological polar surface area (TPSA) is 53.3 Å². The Morgan fingerprint density at radius 3 is 2.86 bits per heavy atom. The van der Waals surface area contributed by atoms with E-state index < -0.39 is 12.5 Å². The third kappa shape index (κ3) is 2.35. The number of carbonyl (C=O) groups is 1. The zero-order valence-electron chi connectivity index (χ0n) is 11.1. The van der Waals surface area contributed by atoms with Gasteiger partial charge in [-0.1, -0.05) is 0 Å². The minimum absolute atomic E-state index is 0.0931. The molecule has 1 amide bonds. The summed E-state index contributed by atoms with van der Waals surface area (Å²) in [5.41, 5.74) is 1.33. The van der Waals surface area contributed by atoms with E-state index in [2.05, 4.69) is 0 Å². The molecule has 21 heavy (non-hydrogen) atoms. The summed E-state index contributed by atoms with van der Waals surface area (Å²) in [5, 5.41) is 8.97. The number of nitriles is 1. The van der Waals surface area contributed by atoms with Gasteiger partial charge in [-0.05, 0) is 30.7 Å². The molecule has 6 heteroatoms. The molecular formula is C15H12F2N2O2. The second-order valence-electron chi connectivity index (χ2n) is 4.94. The molecule has 1 atom stereocenters. The lowest BCUT2D eigenvalue weighted by Gasteiger charge is -2.29. The van der Waals surface area contributed by atoms with Gasteiger partial charge in [-0.3, -0.25) is 4.79 Å². The summed E-state index contributed by atoms with van der Waals surface area (Å²) in [6, 6.07) is 6.57. The Kier molecular flexibility index (Phi) is 3.34. The molecule has 0 spiro atoms. The molecule has 0 aliphatic carbocycles. The largest absolute Gasteiger partial charge is 0.480 e. The molecule has 2 heterocycles. The highest BCUT2D eigenvalue weighted by atomic mass is 19.3. The van der Waals surface area contributed by atoms with E-state index in [1.54, 1.807) is 6.07 Å². The van der Waals surface area contributed by atoms with Crippen molar-refractivity contribution in [3.05, 3.63) is 35.4 Å². The first-order chi connectivity index (χ1) is 10.1. The highest BCUT2D eigenvalue weighted by Gasteiger charge is 2.33. The number of carbonyl (C=O) groups excluding carboxylic acids is 1. The van der Waals surface area contributed by atoms with Crippen LogP contribution in [-0.4, -0.2) is 29.9 Å². The number of ether oxygens (including phenoxy) is 1. The maximum Gasteiger partial charge on any atom is 0.278 e. The van der Waals surface area contributed by atoms with Gasteiger partial charge in [-0.2, -0.15) is 5.26 Å². The van der Waals surface area contributed by atoms with Gasteiger partial charge in [0.25, 0.3) is 6.43 Å². The van der Waals surface area contributed by atoms with Gasteiger partial charge >= 0.3 is 0 Å². The van der Waals surface area contributed by atoms with E-state index in [0.717, 1.165) is 0 Å². The van der Waals surface area contributed by atoms with Crippen molar-refractivity contribution in [1.82, 2.24) is 4.90 Å². The molecule has 0 radical (unpaired) electrons. The molecule has 108 valence electrons. The van der Waals surface area contributed by atoms with E-state index in [1.165, 1.54) is 23.1 Å². The molecular weight excluding hydrogens is 278 g/mol. The molecule has 4 nitrogen and oxygen atoms in total. The SMILES string of the molecule is N#Cc1ccc2c(c1)C(N1CCCC1=O)=CC(C(F)F)O2. The molecule has 0 bridgehead atoms. The summed E-state index contributed by atoms with van der Waals surface area (Å²) in [4.78, 5) is 13.4. The number of benzene rings is 1. The monoisotopic (exact) mass is 290 g/mol. The van der Waals surface area contributed by atoms with Gasteiger partial charge in [0.2, 0.25) is 5.91 Å². The lowest BCUT2D eigenvalue weighted by molar-refractivity contribution is -0.125. The summed E-state index contributed by atoms with van der Waals surface area (Å²) < 4.78 is 31.2. The van der Waals surface area contributed by atoms with Gasteiger partial charge in [-0.15, -0.1) is 0 Å². The number of fused-ring (bicyclic) bond motifs is 1. The number of amides is 1. The van der Waals surface area contributed by atoms with Crippen LogP contribution in [0.2, 0.25) is 0 Å². The molecule has 1 unspecified atom stereocenters. The summed E-state index contributed by atoms with van der Waals surface area (Å²) in [6.07, 6.45) is -1.68. The first kappa shape index (κ1) is 13.6. The predicted octanol–water partition coefficient (Wildman–Crippen LogP) is 2.55. The van der Waals surface area contributed by atoms with Crippen LogP contribution in [0.25, 0.3) is 5.70 Å². The van der Waals surface area contributed by atoms with Gasteiger partial charge in [0.05, 0.1) is 17.3 Å². The molecule has 0 aromatic heterocycles. The Morgan fingerprint density at radius 2 is 2.24 bits per heavy atom. The second kappa shape index (κ2) is 5.17. The average molecular weight is 290 g/mol. The molecule has 0 N–H and O–H groups in total. The first-order valence-corrected chi connectivity index (χ1v) is 6.61. The summed E-state index contributed by atoms with van der Waals surface area (Å²) in [5.74, 6) is 0.181. The van der Waals surface area contributed by atoms with Crippen LogP contribution in [0, 0.1) is 11.3 Å². The molecule has 2 aliphatic heterocycles. The smallest absolute Gasteiger partial charge is 0.278 e. The van der Waals surface area contributed by atoms with E-state index in [4.69, 9.17) is 10.00 Å². The van der Waals surface area contributed by atoms with Crippen molar-refractivity contribution in [3.8, 4) is 11.8 Å². The number of hydrogen-bond donors (Lipinski definition) is 0. The maximum atomic E-state index is 13.0. The fraction of sp³-hybridized carbons (Fsp3) is 0.333. The van der Waals surface area contributed by atoms with E-state index in [9.17, 15) is 13.6 Å². The summed E-state index contributed by atoms with van der Waals surface area (Å²) in [7, 11) is 0. The van der Waals surface area contributed by atoms with Crippen LogP contribution < -0.4 is 4.74 Å². The molecule has 1 aromatic rings. The quantitative estimate of drug-likeness (QED) is 0.841. The minimum atomic E-state index is -2.68. The zero-order valence-corrected chi connectivity index (χ0v) is 11.1. The molecule has 2 aliphatic rings. The molecule has 1 fully saturated rings. The van der Waals surface area contributed by atoms with Crippen LogP contribution in [0.5, 0.6) is 5.75 Å². The fourth-order valence-electron chi connectivity index (χ4n) is 2.59. The number of hydrogen-bond acceptors (Lipinski definition) is 3. The van der Waals surface area contributed by atoms with E-state index >= 15 is 0 Å². The number of nitrogens with zero attached hydrogens (tertiary/aromatic N) is 2. The van der Waals surface area contributed by atoms with Crippen LogP contribution >= 0.6 is 0 Å². The van der Waals surface area contributed by atoms with Crippen molar-refractivity contribution in [1.29, 1.82) is 5.26 Å². The van der Waals surface area contributed by atoms with E-state index in [-0.39, 0.29) is 11.7 Å². The van der Waals surface area contributed by atoms with Crippen molar-refractivity contribution >= 4 is 11.6 Å². The Morgan fingerprint density at radius 1 is 1.43 bits per heavy atom. The molecule has 3 rings (SSSR count). The average Bonchev–Trinajstić information content (AvgIpc) is 2.91. The van der Waals surface area contributed by atoms with E-state index in [0.29, 0.717) is 36.2 Å². The summed E-state index contributed by atoms with van der Waals surface area (Å²) in [6.45, 7) is 0.497. The van der Waals surface area contributed by atoms with E-state index in [1.807, 2.05) is 6.07 Å². The Balaban J connectivity index is 2.09. The lowest BCUT2D eigenvalue weighted by Crippen LogP contribution is -2.32. The highest BCUT2D eigenvalue weighted by molar-refractivity contribution is 5.90. The third-order valence-corrected chi connectivity index (χ3v) is 3.58. The zero-order chi connectivity index (χ0) is 15.0. The van der Waals surface area contributed by atoms with Crippen molar-refractivity contribution in [2.75, 3.05) is 6.54 Å². The predicted molar refractivity (Wildman–Crippen MR) is 70.5 cm³/mol. The Hall–Kier alpha value is -2.42. The Labute approximate surface area is 120 Å². The second-order valence-corrected chi connectivity index (χ2v) is 4.94. The number of likely N-dealkylation sites (tertiary alicyclic amines) is 1. The number of halogens is 2. The first-order valence-electron chi connectivity index (χ1n) is 6.61. The normalized spacial score (nSPS) is 20.9. The third-order valence-electron chi connectivity index (χ3n) is 3.58. The van der Waals surface area contributed by atoms with Crippen molar-refractivity contribution in [3.63, 3.8) is 0 Å². The van der Waals surface area contributed by atoms with Gasteiger partial charge in [0.1, 0.15) is 5.75 Å². The number of rotatable bonds is 2. The van der Waals surface area contributed by atoms with Crippen LogP contribution in [-0.2, 0) is 4.79 Å². The fourth-order valence-corrected chi connectivity index (χ4v) is 2.59. The van der Waals surface area contributed by atoms with Gasteiger partial charge in [0.15, 0.2) is 6.10 Å². The summed E-state index contributed by atoms with van der Waals surface area (Å²) >= 11 is 0. The van der Waals surface area contributed by atoms with Gasteiger partial charge < -0.3 is 9.64 Å². The van der Waals surface area contributed by atoms with Crippen LogP contribution in [0.15, 0.2) is 24.3 Å². The van der Waals surface area contributed by atoms with Gasteiger partial charge in [-0.25, -0.2) is 8.78 Å². The van der Waals surface area contributed by atoms with Crippen LogP contribution in [0.3, 0.4) is 0 Å². The Bertz CT molecular complexity index is 664. The lowest BCUT2D eigenvalue weighted by atomic mass is 10.0. The van der Waals surface area contributed by atoms with Crippen molar-refractivity contribution in [2.45, 2.75) is 25.4 Å². The molecule has 1 saturated heterocycles. The number of alkyl halides is 2. The van der Waals surface area contributed by atoms with Crippen LogP contribution in [0.4, 0.5) is 8.78 Å². The standard InChI is InChI=1S/C15H12F2N2O2/c16-15(17)13-7-11(19-5-1-2-14(19)20)10-6-9(8-18)3-4-12(10)21-13/h3-4,6-7,13,15H,1-2,5H2. The van der Waals surface area contributed by atoms with Crippen molar-refractivity contribution < 1.29 is 18.3 Å². The van der Waals surface area contributed by atoms with Gasteiger partial charge in [0, 0.05) is 18.5 Å². The van der Waals surface area contributed by atoms with Crippen LogP contribution in [0.1, 0.15) is 24.0 Å². The van der Waals surface area contributed by atoms with Crippen molar-refractivity contribution in [2.24, 2.45) is 0 Å². The maximum absolute atomic E-state index is 13.0. The highest BCUT2D eigenvalue weighted by Crippen LogP contribution is 2.37. The molecule has 1 aromatic carbocycles.